The Hall–Kier alpha value is -1.13. The van der Waals surface area contributed by atoms with Crippen LogP contribution in [0.15, 0.2) is 18.2 Å². The molecule has 0 aromatic heterocycles. The zero-order valence-electron chi connectivity index (χ0n) is 10.6. The second-order valence-electron chi connectivity index (χ2n) is 5.38. The summed E-state index contributed by atoms with van der Waals surface area (Å²) in [4.78, 5) is 4.98. The third-order valence-corrected chi connectivity index (χ3v) is 4.21. The Morgan fingerprint density at radius 1 is 1.28 bits per heavy atom. The SMILES string of the molecule is Nc1c(F)cccc1CN1CCN2CCCC2C1. The molecule has 2 aliphatic heterocycles. The molecule has 18 heavy (non-hydrogen) atoms. The minimum absolute atomic E-state index is 0.299. The molecule has 98 valence electrons. The lowest BCUT2D eigenvalue weighted by molar-refractivity contribution is 0.0995. The van der Waals surface area contributed by atoms with Gasteiger partial charge in [-0.15, -0.1) is 0 Å². The first-order valence-electron chi connectivity index (χ1n) is 6.73. The van der Waals surface area contributed by atoms with E-state index in [1.807, 2.05) is 6.07 Å². The molecule has 1 atom stereocenters. The molecular formula is C14H20FN3. The van der Waals surface area contributed by atoms with Crippen molar-refractivity contribution in [2.75, 3.05) is 31.9 Å². The summed E-state index contributed by atoms with van der Waals surface area (Å²) in [6.45, 7) is 5.32. The average molecular weight is 249 g/mol. The van der Waals surface area contributed by atoms with Crippen molar-refractivity contribution in [1.82, 2.24) is 9.80 Å². The van der Waals surface area contributed by atoms with Crippen LogP contribution in [0, 0.1) is 5.82 Å². The van der Waals surface area contributed by atoms with Crippen LogP contribution in [0.3, 0.4) is 0 Å². The molecule has 0 bridgehead atoms. The molecular weight excluding hydrogens is 229 g/mol. The van der Waals surface area contributed by atoms with Gasteiger partial charge in [-0.2, -0.15) is 0 Å². The molecule has 0 aliphatic carbocycles. The Morgan fingerprint density at radius 2 is 2.17 bits per heavy atom. The second kappa shape index (κ2) is 4.86. The van der Waals surface area contributed by atoms with Gasteiger partial charge < -0.3 is 5.73 Å². The summed E-state index contributed by atoms with van der Waals surface area (Å²) in [5.41, 5.74) is 7.02. The van der Waals surface area contributed by atoms with Crippen LogP contribution < -0.4 is 5.73 Å². The molecule has 3 nitrogen and oxygen atoms in total. The minimum Gasteiger partial charge on any atom is -0.396 e. The number of fused-ring (bicyclic) bond motifs is 1. The van der Waals surface area contributed by atoms with E-state index in [-0.39, 0.29) is 5.82 Å². The number of anilines is 1. The van der Waals surface area contributed by atoms with E-state index in [9.17, 15) is 4.39 Å². The van der Waals surface area contributed by atoms with Gasteiger partial charge in [-0.25, -0.2) is 4.39 Å². The van der Waals surface area contributed by atoms with Crippen LogP contribution >= 0.6 is 0 Å². The molecule has 2 N–H and O–H groups in total. The van der Waals surface area contributed by atoms with E-state index in [1.54, 1.807) is 6.07 Å². The molecule has 0 amide bonds. The van der Waals surface area contributed by atoms with Crippen molar-refractivity contribution in [3.05, 3.63) is 29.6 Å². The Kier molecular flexibility index (Phi) is 3.22. The summed E-state index contributed by atoms with van der Waals surface area (Å²) in [5, 5.41) is 0. The molecule has 0 radical (unpaired) electrons. The monoisotopic (exact) mass is 249 g/mol. The number of halogens is 1. The number of benzene rings is 1. The number of para-hydroxylation sites is 1. The van der Waals surface area contributed by atoms with Crippen molar-refractivity contribution in [3.8, 4) is 0 Å². The first kappa shape index (κ1) is 11.9. The fraction of sp³-hybridized carbons (Fsp3) is 0.571. The van der Waals surface area contributed by atoms with Gasteiger partial charge in [-0.3, -0.25) is 9.80 Å². The lowest BCUT2D eigenvalue weighted by atomic mass is 10.1. The molecule has 2 heterocycles. The molecule has 2 fully saturated rings. The Bertz CT molecular complexity index is 435. The standard InChI is InChI=1S/C14H20FN3/c15-13-5-1-3-11(14(13)16)9-17-7-8-18-6-2-4-12(18)10-17/h1,3,5,12H,2,4,6-10,16H2. The fourth-order valence-electron chi connectivity index (χ4n) is 3.16. The number of rotatable bonds is 2. The van der Waals surface area contributed by atoms with E-state index >= 15 is 0 Å². The summed E-state index contributed by atoms with van der Waals surface area (Å²) in [6.07, 6.45) is 2.62. The van der Waals surface area contributed by atoms with Crippen molar-refractivity contribution in [1.29, 1.82) is 0 Å². The molecule has 0 saturated carbocycles. The minimum atomic E-state index is -0.299. The van der Waals surface area contributed by atoms with Gasteiger partial charge in [0.05, 0.1) is 5.69 Å². The maximum atomic E-state index is 13.4. The maximum absolute atomic E-state index is 13.4. The molecule has 2 saturated heterocycles. The van der Waals surface area contributed by atoms with Crippen LogP contribution in [0.5, 0.6) is 0 Å². The van der Waals surface area contributed by atoms with Crippen LogP contribution in [-0.2, 0) is 6.54 Å². The largest absolute Gasteiger partial charge is 0.396 e. The first-order chi connectivity index (χ1) is 8.74. The van der Waals surface area contributed by atoms with Crippen molar-refractivity contribution in [2.24, 2.45) is 0 Å². The van der Waals surface area contributed by atoms with E-state index in [0.717, 1.165) is 31.7 Å². The first-order valence-corrected chi connectivity index (χ1v) is 6.73. The molecule has 4 heteroatoms. The van der Waals surface area contributed by atoms with Crippen LogP contribution in [0.4, 0.5) is 10.1 Å². The van der Waals surface area contributed by atoms with Crippen LogP contribution in [0.2, 0.25) is 0 Å². The van der Waals surface area contributed by atoms with E-state index < -0.39 is 0 Å². The van der Waals surface area contributed by atoms with Gasteiger partial charge in [-0.1, -0.05) is 12.1 Å². The highest BCUT2D eigenvalue weighted by molar-refractivity contribution is 5.47. The number of nitrogen functional groups attached to an aromatic ring is 1. The maximum Gasteiger partial charge on any atom is 0.146 e. The van der Waals surface area contributed by atoms with E-state index in [2.05, 4.69) is 9.80 Å². The summed E-state index contributed by atoms with van der Waals surface area (Å²) < 4.78 is 13.4. The normalized spacial score (nSPS) is 25.3. The van der Waals surface area contributed by atoms with Crippen LogP contribution in [0.1, 0.15) is 18.4 Å². The molecule has 1 unspecified atom stereocenters. The Balaban J connectivity index is 1.68. The molecule has 3 rings (SSSR count). The van der Waals surface area contributed by atoms with Gasteiger partial charge in [0, 0.05) is 32.2 Å². The predicted octanol–water partition coefficient (Wildman–Crippen LogP) is 1.69. The van der Waals surface area contributed by atoms with Gasteiger partial charge in [-0.05, 0) is 31.0 Å². The summed E-state index contributed by atoms with van der Waals surface area (Å²) >= 11 is 0. The average Bonchev–Trinajstić information content (AvgIpc) is 2.82. The quantitative estimate of drug-likeness (QED) is 0.810. The highest BCUT2D eigenvalue weighted by Gasteiger charge is 2.30. The highest BCUT2D eigenvalue weighted by atomic mass is 19.1. The molecule has 0 spiro atoms. The lowest BCUT2D eigenvalue weighted by Crippen LogP contribution is -2.49. The van der Waals surface area contributed by atoms with Crippen LogP contribution in [0.25, 0.3) is 0 Å². The number of nitrogens with two attached hydrogens (primary N) is 1. The van der Waals surface area contributed by atoms with Gasteiger partial charge in [0.15, 0.2) is 0 Å². The fourth-order valence-corrected chi connectivity index (χ4v) is 3.16. The number of piperazine rings is 1. The van der Waals surface area contributed by atoms with Crippen LogP contribution in [-0.4, -0.2) is 42.0 Å². The zero-order chi connectivity index (χ0) is 12.5. The topological polar surface area (TPSA) is 32.5 Å². The zero-order valence-corrected chi connectivity index (χ0v) is 10.6. The second-order valence-corrected chi connectivity index (χ2v) is 5.38. The third-order valence-electron chi connectivity index (χ3n) is 4.21. The predicted molar refractivity (Wildman–Crippen MR) is 70.7 cm³/mol. The van der Waals surface area contributed by atoms with Gasteiger partial charge in [0.2, 0.25) is 0 Å². The van der Waals surface area contributed by atoms with Crippen molar-refractivity contribution >= 4 is 5.69 Å². The molecule has 1 aromatic carbocycles. The van der Waals surface area contributed by atoms with Crippen molar-refractivity contribution in [2.45, 2.75) is 25.4 Å². The van der Waals surface area contributed by atoms with Crippen molar-refractivity contribution in [3.63, 3.8) is 0 Å². The van der Waals surface area contributed by atoms with Crippen molar-refractivity contribution < 1.29 is 4.39 Å². The van der Waals surface area contributed by atoms with Gasteiger partial charge in [0.25, 0.3) is 0 Å². The van der Waals surface area contributed by atoms with E-state index in [4.69, 9.17) is 5.73 Å². The molecule has 1 aromatic rings. The number of hydrogen-bond acceptors (Lipinski definition) is 3. The summed E-state index contributed by atoms with van der Waals surface area (Å²) in [7, 11) is 0. The Morgan fingerprint density at radius 3 is 3.06 bits per heavy atom. The lowest BCUT2D eigenvalue weighted by Gasteiger charge is -2.37. The number of nitrogens with zero attached hydrogens (tertiary/aromatic N) is 2. The third kappa shape index (κ3) is 2.22. The summed E-state index contributed by atoms with van der Waals surface area (Å²) in [6, 6.07) is 5.80. The van der Waals surface area contributed by atoms with E-state index in [0.29, 0.717) is 11.7 Å². The smallest absolute Gasteiger partial charge is 0.146 e. The van der Waals surface area contributed by atoms with Gasteiger partial charge in [0.1, 0.15) is 5.82 Å². The van der Waals surface area contributed by atoms with E-state index in [1.165, 1.54) is 25.5 Å². The Labute approximate surface area is 107 Å². The summed E-state index contributed by atoms with van der Waals surface area (Å²) in [5.74, 6) is -0.299. The van der Waals surface area contributed by atoms with Gasteiger partial charge >= 0.3 is 0 Å². The number of hydrogen-bond donors (Lipinski definition) is 1. The molecule has 2 aliphatic rings. The highest BCUT2D eigenvalue weighted by Crippen LogP contribution is 2.24.